The Bertz CT molecular complexity index is 937. The molecule has 28 heavy (non-hydrogen) atoms. The third-order valence-electron chi connectivity index (χ3n) is 4.75. The Kier molecular flexibility index (Phi) is 6.57. The minimum absolute atomic E-state index is 0.171. The summed E-state index contributed by atoms with van der Waals surface area (Å²) in [6, 6.07) is 6.94. The van der Waals surface area contributed by atoms with Crippen molar-refractivity contribution in [3.63, 3.8) is 0 Å². The van der Waals surface area contributed by atoms with Crippen LogP contribution in [0.2, 0.25) is 0 Å². The Morgan fingerprint density at radius 2 is 2.14 bits per heavy atom. The molecule has 0 aliphatic heterocycles. The molecule has 7 heteroatoms. The number of hydrogen-bond donors (Lipinski definition) is 1. The number of carbonyl (C=O) groups is 1. The third-order valence-corrected chi connectivity index (χ3v) is 4.75. The molecule has 0 unspecified atom stereocenters. The Morgan fingerprint density at radius 3 is 2.89 bits per heavy atom. The predicted molar refractivity (Wildman–Crippen MR) is 105 cm³/mol. The van der Waals surface area contributed by atoms with Crippen LogP contribution in [0, 0.1) is 5.82 Å². The van der Waals surface area contributed by atoms with Crippen LogP contribution in [0.15, 0.2) is 46.8 Å². The van der Waals surface area contributed by atoms with E-state index in [1.165, 1.54) is 55.9 Å². The quantitative estimate of drug-likeness (QED) is 0.744. The van der Waals surface area contributed by atoms with Gasteiger partial charge < -0.3 is 10.1 Å². The zero-order chi connectivity index (χ0) is 19.9. The monoisotopic (exact) mass is 385 g/mol. The summed E-state index contributed by atoms with van der Waals surface area (Å²) in [5.41, 5.74) is 1.97. The summed E-state index contributed by atoms with van der Waals surface area (Å²) < 4.78 is 19.7. The van der Waals surface area contributed by atoms with Gasteiger partial charge in [0.1, 0.15) is 18.1 Å². The standard InChI is InChI=1S/C21H24FN3O3/c1-28-19-13-16(22)7-8-17(19)18-9-10-21(27)25(24-18)14-20(26)23-12-11-15-5-3-2-4-6-15/h5,7-10,13H,2-4,6,11-12,14H2,1H3,(H,23,26). The lowest BCUT2D eigenvalue weighted by molar-refractivity contribution is -0.121. The highest BCUT2D eigenvalue weighted by Gasteiger charge is 2.12. The summed E-state index contributed by atoms with van der Waals surface area (Å²) >= 11 is 0. The smallest absolute Gasteiger partial charge is 0.267 e. The lowest BCUT2D eigenvalue weighted by Gasteiger charge is -2.13. The Balaban J connectivity index is 1.67. The average molecular weight is 385 g/mol. The van der Waals surface area contributed by atoms with Crippen LogP contribution in [0.3, 0.4) is 0 Å². The molecule has 1 aromatic carbocycles. The van der Waals surface area contributed by atoms with Crippen molar-refractivity contribution in [1.82, 2.24) is 15.1 Å². The first-order chi connectivity index (χ1) is 13.6. The number of allylic oxidation sites excluding steroid dienone is 1. The van der Waals surface area contributed by atoms with Gasteiger partial charge in [-0.3, -0.25) is 9.59 Å². The zero-order valence-electron chi connectivity index (χ0n) is 15.9. The van der Waals surface area contributed by atoms with Crippen LogP contribution in [0.4, 0.5) is 4.39 Å². The molecule has 0 bridgehead atoms. The van der Waals surface area contributed by atoms with Crippen molar-refractivity contribution in [2.75, 3.05) is 13.7 Å². The zero-order valence-corrected chi connectivity index (χ0v) is 15.9. The minimum Gasteiger partial charge on any atom is -0.496 e. The van der Waals surface area contributed by atoms with E-state index in [0.717, 1.165) is 23.9 Å². The van der Waals surface area contributed by atoms with Gasteiger partial charge in [-0.2, -0.15) is 5.10 Å². The molecule has 1 heterocycles. The summed E-state index contributed by atoms with van der Waals surface area (Å²) in [6.45, 7) is 0.375. The molecule has 0 atom stereocenters. The first-order valence-corrected chi connectivity index (χ1v) is 9.43. The van der Waals surface area contributed by atoms with Crippen molar-refractivity contribution in [3.05, 3.63) is 58.2 Å². The molecule has 0 saturated carbocycles. The largest absolute Gasteiger partial charge is 0.496 e. The van der Waals surface area contributed by atoms with E-state index < -0.39 is 5.82 Å². The van der Waals surface area contributed by atoms with Gasteiger partial charge in [-0.05, 0) is 50.3 Å². The highest BCUT2D eigenvalue weighted by atomic mass is 19.1. The number of nitrogens with one attached hydrogen (secondary N) is 1. The van der Waals surface area contributed by atoms with E-state index in [4.69, 9.17) is 4.74 Å². The summed E-state index contributed by atoms with van der Waals surface area (Å²) in [4.78, 5) is 24.3. The maximum absolute atomic E-state index is 13.4. The van der Waals surface area contributed by atoms with Gasteiger partial charge >= 0.3 is 0 Å². The van der Waals surface area contributed by atoms with Crippen molar-refractivity contribution in [2.45, 2.75) is 38.6 Å². The molecule has 1 N–H and O–H groups in total. The normalized spacial score (nSPS) is 13.7. The Morgan fingerprint density at radius 1 is 1.29 bits per heavy atom. The number of methoxy groups -OCH3 is 1. The lowest BCUT2D eigenvalue weighted by Crippen LogP contribution is -2.34. The van der Waals surface area contributed by atoms with Crippen LogP contribution < -0.4 is 15.6 Å². The van der Waals surface area contributed by atoms with E-state index in [0.29, 0.717) is 23.6 Å². The van der Waals surface area contributed by atoms with E-state index in [-0.39, 0.29) is 18.0 Å². The summed E-state index contributed by atoms with van der Waals surface area (Å²) in [7, 11) is 1.43. The fraction of sp³-hybridized carbons (Fsp3) is 0.381. The maximum atomic E-state index is 13.4. The Labute approximate surface area is 163 Å². The number of ether oxygens (including phenoxy) is 1. The highest BCUT2D eigenvalue weighted by Crippen LogP contribution is 2.28. The van der Waals surface area contributed by atoms with Crippen LogP contribution in [0.5, 0.6) is 5.75 Å². The number of benzene rings is 1. The first-order valence-electron chi connectivity index (χ1n) is 9.43. The van der Waals surface area contributed by atoms with E-state index in [1.54, 1.807) is 0 Å². The summed E-state index contributed by atoms with van der Waals surface area (Å²) in [6.07, 6.45) is 7.74. The van der Waals surface area contributed by atoms with Gasteiger partial charge in [-0.25, -0.2) is 9.07 Å². The van der Waals surface area contributed by atoms with Crippen molar-refractivity contribution in [2.24, 2.45) is 0 Å². The second-order valence-electron chi connectivity index (χ2n) is 6.77. The van der Waals surface area contributed by atoms with E-state index >= 15 is 0 Å². The second-order valence-corrected chi connectivity index (χ2v) is 6.77. The van der Waals surface area contributed by atoms with Gasteiger partial charge in [0.25, 0.3) is 5.56 Å². The van der Waals surface area contributed by atoms with Crippen LogP contribution in [0.1, 0.15) is 32.1 Å². The van der Waals surface area contributed by atoms with Gasteiger partial charge in [-0.15, -0.1) is 0 Å². The number of hydrogen-bond acceptors (Lipinski definition) is 4. The number of amides is 1. The van der Waals surface area contributed by atoms with Crippen LogP contribution in [-0.4, -0.2) is 29.3 Å². The summed E-state index contributed by atoms with van der Waals surface area (Å²) in [5, 5.41) is 7.09. The van der Waals surface area contributed by atoms with Crippen molar-refractivity contribution in [3.8, 4) is 17.0 Å². The molecule has 0 fully saturated rings. The van der Waals surface area contributed by atoms with Gasteiger partial charge in [0.2, 0.25) is 5.91 Å². The third kappa shape index (κ3) is 5.06. The molecule has 1 aliphatic carbocycles. The maximum Gasteiger partial charge on any atom is 0.267 e. The van der Waals surface area contributed by atoms with Crippen molar-refractivity contribution in [1.29, 1.82) is 0 Å². The summed E-state index contributed by atoms with van der Waals surface area (Å²) in [5.74, 6) is -0.390. The number of aromatic nitrogens is 2. The van der Waals surface area contributed by atoms with Crippen molar-refractivity contribution < 1.29 is 13.9 Å². The van der Waals surface area contributed by atoms with E-state index in [2.05, 4.69) is 16.5 Å². The molecule has 0 radical (unpaired) electrons. The van der Waals surface area contributed by atoms with Crippen molar-refractivity contribution >= 4 is 5.91 Å². The topological polar surface area (TPSA) is 73.2 Å². The first kappa shape index (κ1) is 19.8. The molecule has 0 spiro atoms. The number of rotatable bonds is 7. The number of carbonyl (C=O) groups excluding carboxylic acids is 1. The lowest BCUT2D eigenvalue weighted by atomic mass is 9.97. The highest BCUT2D eigenvalue weighted by molar-refractivity contribution is 5.75. The molecule has 1 aliphatic rings. The molecule has 1 aromatic heterocycles. The molecule has 6 nitrogen and oxygen atoms in total. The number of halogens is 1. The molecular formula is C21H24FN3O3. The average Bonchev–Trinajstić information content (AvgIpc) is 2.70. The SMILES string of the molecule is COc1cc(F)ccc1-c1ccc(=O)n(CC(=O)NCCC2=CCCCC2)n1. The van der Waals surface area contributed by atoms with Crippen LogP contribution in [0.25, 0.3) is 11.3 Å². The van der Waals surface area contributed by atoms with Crippen LogP contribution >= 0.6 is 0 Å². The van der Waals surface area contributed by atoms with E-state index in [1.807, 2.05) is 0 Å². The van der Waals surface area contributed by atoms with Gasteiger partial charge in [0.15, 0.2) is 0 Å². The Hall–Kier alpha value is -2.96. The fourth-order valence-corrected chi connectivity index (χ4v) is 3.27. The molecular weight excluding hydrogens is 361 g/mol. The molecule has 2 aromatic rings. The molecule has 148 valence electrons. The second kappa shape index (κ2) is 9.30. The fourth-order valence-electron chi connectivity index (χ4n) is 3.27. The van der Waals surface area contributed by atoms with Gasteiger partial charge in [0.05, 0.1) is 12.8 Å². The molecule has 3 rings (SSSR count). The predicted octanol–water partition coefficient (Wildman–Crippen LogP) is 3.06. The van der Waals surface area contributed by atoms with Gasteiger partial charge in [-0.1, -0.05) is 11.6 Å². The van der Waals surface area contributed by atoms with Gasteiger partial charge in [0, 0.05) is 24.2 Å². The van der Waals surface area contributed by atoms with E-state index in [9.17, 15) is 14.0 Å². The van der Waals surface area contributed by atoms with Crippen LogP contribution in [-0.2, 0) is 11.3 Å². The molecule has 0 saturated heterocycles. The molecule has 1 amide bonds. The number of nitrogens with zero attached hydrogens (tertiary/aromatic N) is 2. The minimum atomic E-state index is -0.429.